The molecule has 2 rings (SSSR count). The van der Waals surface area contributed by atoms with Gasteiger partial charge in [0, 0.05) is 11.6 Å². The van der Waals surface area contributed by atoms with Crippen molar-refractivity contribution in [2.75, 3.05) is 0 Å². The van der Waals surface area contributed by atoms with Crippen molar-refractivity contribution in [1.29, 1.82) is 5.26 Å². The van der Waals surface area contributed by atoms with Crippen molar-refractivity contribution in [2.24, 2.45) is 0 Å². The van der Waals surface area contributed by atoms with Crippen LogP contribution in [0.2, 0.25) is 5.02 Å². The van der Waals surface area contributed by atoms with E-state index in [0.717, 1.165) is 5.56 Å². The highest BCUT2D eigenvalue weighted by Gasteiger charge is 2.14. The molecule has 22 heavy (non-hydrogen) atoms. The van der Waals surface area contributed by atoms with E-state index in [4.69, 9.17) is 21.6 Å². The lowest BCUT2D eigenvalue weighted by atomic mass is 10.2. The van der Waals surface area contributed by atoms with E-state index in [1.54, 1.807) is 43.3 Å². The van der Waals surface area contributed by atoms with Gasteiger partial charge in [-0.15, -0.1) is 0 Å². The van der Waals surface area contributed by atoms with Crippen molar-refractivity contribution in [3.8, 4) is 11.8 Å². The Morgan fingerprint density at radius 1 is 1.23 bits per heavy atom. The Kier molecular flexibility index (Phi) is 5.40. The number of nitriles is 1. The quantitative estimate of drug-likeness (QED) is 0.921. The smallest absolute Gasteiger partial charge is 0.261 e. The maximum absolute atomic E-state index is 12.0. The zero-order valence-corrected chi connectivity index (χ0v) is 12.8. The van der Waals surface area contributed by atoms with Gasteiger partial charge in [0.2, 0.25) is 0 Å². The Hall–Kier alpha value is -2.51. The first-order chi connectivity index (χ1) is 10.6. The van der Waals surface area contributed by atoms with E-state index in [1.165, 1.54) is 0 Å². The van der Waals surface area contributed by atoms with Gasteiger partial charge in [-0.25, -0.2) is 0 Å². The topological polar surface area (TPSA) is 62.1 Å². The first-order valence-corrected chi connectivity index (χ1v) is 7.15. The maximum atomic E-state index is 12.0. The Morgan fingerprint density at radius 2 is 1.86 bits per heavy atom. The number of nitrogens with zero attached hydrogens (tertiary/aromatic N) is 1. The lowest BCUT2D eigenvalue weighted by molar-refractivity contribution is -0.127. The van der Waals surface area contributed by atoms with Gasteiger partial charge in [-0.3, -0.25) is 4.79 Å². The lowest BCUT2D eigenvalue weighted by Crippen LogP contribution is -2.35. The fourth-order valence-corrected chi connectivity index (χ4v) is 1.93. The molecule has 2 aromatic rings. The Balaban J connectivity index is 1.86. The molecule has 112 valence electrons. The number of carbonyl (C=O) groups excluding carboxylic acids is 1. The zero-order chi connectivity index (χ0) is 15.9. The van der Waals surface area contributed by atoms with E-state index >= 15 is 0 Å². The molecule has 4 nitrogen and oxygen atoms in total. The first kappa shape index (κ1) is 15.9. The highest BCUT2D eigenvalue weighted by Crippen LogP contribution is 2.14. The summed E-state index contributed by atoms with van der Waals surface area (Å²) in [6.07, 6.45) is -0.625. The van der Waals surface area contributed by atoms with Gasteiger partial charge in [0.15, 0.2) is 6.10 Å². The minimum absolute atomic E-state index is 0.209. The van der Waals surface area contributed by atoms with E-state index in [9.17, 15) is 4.79 Å². The van der Waals surface area contributed by atoms with Crippen LogP contribution in [0.1, 0.15) is 18.1 Å². The second-order valence-electron chi connectivity index (χ2n) is 4.74. The van der Waals surface area contributed by atoms with Crippen LogP contribution in [-0.2, 0) is 11.3 Å². The fraction of sp³-hybridized carbons (Fsp3) is 0.176. The van der Waals surface area contributed by atoms with Crippen molar-refractivity contribution in [1.82, 2.24) is 5.32 Å². The van der Waals surface area contributed by atoms with Crippen LogP contribution in [0.4, 0.5) is 0 Å². The summed E-state index contributed by atoms with van der Waals surface area (Å²) in [6.45, 7) is 2.09. The molecular formula is C17H15ClN2O2. The van der Waals surface area contributed by atoms with Gasteiger partial charge in [0.05, 0.1) is 11.6 Å². The number of ether oxygens (including phenoxy) is 1. The van der Waals surface area contributed by atoms with Gasteiger partial charge in [-0.05, 0) is 48.9 Å². The Bertz CT molecular complexity index is 675. The molecule has 1 amide bonds. The van der Waals surface area contributed by atoms with Crippen LogP contribution in [0.25, 0.3) is 0 Å². The van der Waals surface area contributed by atoms with Crippen molar-refractivity contribution in [3.05, 3.63) is 64.7 Å². The molecule has 0 unspecified atom stereocenters. The van der Waals surface area contributed by atoms with E-state index in [2.05, 4.69) is 5.32 Å². The van der Waals surface area contributed by atoms with Crippen molar-refractivity contribution < 1.29 is 9.53 Å². The number of hydrogen-bond donors (Lipinski definition) is 1. The number of carbonyl (C=O) groups is 1. The molecule has 0 spiro atoms. The van der Waals surface area contributed by atoms with Gasteiger partial charge in [0.25, 0.3) is 5.91 Å². The molecule has 2 aromatic carbocycles. The number of hydrogen-bond acceptors (Lipinski definition) is 3. The highest BCUT2D eigenvalue weighted by molar-refractivity contribution is 6.30. The third-order valence-corrected chi connectivity index (χ3v) is 3.30. The summed E-state index contributed by atoms with van der Waals surface area (Å²) in [7, 11) is 0. The van der Waals surface area contributed by atoms with Crippen LogP contribution < -0.4 is 10.1 Å². The predicted molar refractivity (Wildman–Crippen MR) is 84.5 cm³/mol. The normalized spacial score (nSPS) is 11.3. The fourth-order valence-electron chi connectivity index (χ4n) is 1.80. The molecule has 0 radical (unpaired) electrons. The van der Waals surface area contributed by atoms with Crippen LogP contribution in [0.3, 0.4) is 0 Å². The average molecular weight is 315 g/mol. The number of rotatable bonds is 5. The Morgan fingerprint density at radius 3 is 2.45 bits per heavy atom. The average Bonchev–Trinajstić information content (AvgIpc) is 2.54. The first-order valence-electron chi connectivity index (χ1n) is 6.77. The summed E-state index contributed by atoms with van der Waals surface area (Å²) in [5, 5.41) is 12.2. The molecule has 0 heterocycles. The summed E-state index contributed by atoms with van der Waals surface area (Å²) in [5.74, 6) is 0.340. The van der Waals surface area contributed by atoms with Crippen LogP contribution >= 0.6 is 11.6 Å². The van der Waals surface area contributed by atoms with Crippen molar-refractivity contribution in [3.63, 3.8) is 0 Å². The van der Waals surface area contributed by atoms with Gasteiger partial charge < -0.3 is 10.1 Å². The molecule has 0 aliphatic rings. The SMILES string of the molecule is C[C@@H](Oc1ccc(C#N)cc1)C(=O)NCc1ccc(Cl)cc1. The minimum Gasteiger partial charge on any atom is -0.481 e. The van der Waals surface area contributed by atoms with Crippen LogP contribution in [0, 0.1) is 11.3 Å². The standard InChI is InChI=1S/C17H15ClN2O2/c1-12(22-16-8-4-13(10-19)5-9-16)17(21)20-11-14-2-6-15(18)7-3-14/h2-9,12H,11H2,1H3,(H,20,21)/t12-/m1/s1. The number of amides is 1. The second-order valence-corrected chi connectivity index (χ2v) is 5.18. The zero-order valence-electron chi connectivity index (χ0n) is 12.0. The molecule has 0 saturated heterocycles. The molecule has 5 heteroatoms. The summed E-state index contributed by atoms with van der Waals surface area (Å²) in [5.41, 5.74) is 1.51. The van der Waals surface area contributed by atoms with Crippen LogP contribution in [0.5, 0.6) is 5.75 Å². The summed E-state index contributed by atoms with van der Waals surface area (Å²) in [6, 6.07) is 15.9. The van der Waals surface area contributed by atoms with E-state index in [-0.39, 0.29) is 5.91 Å². The van der Waals surface area contributed by atoms with Crippen molar-refractivity contribution in [2.45, 2.75) is 19.6 Å². The molecule has 1 N–H and O–H groups in total. The third kappa shape index (κ3) is 4.51. The van der Waals surface area contributed by atoms with Crippen LogP contribution in [-0.4, -0.2) is 12.0 Å². The predicted octanol–water partition coefficient (Wildman–Crippen LogP) is 3.30. The van der Waals surface area contributed by atoms with Crippen LogP contribution in [0.15, 0.2) is 48.5 Å². The lowest BCUT2D eigenvalue weighted by Gasteiger charge is -2.14. The van der Waals surface area contributed by atoms with E-state index in [1.807, 2.05) is 18.2 Å². The number of halogens is 1. The Labute approximate surface area is 134 Å². The van der Waals surface area contributed by atoms with Gasteiger partial charge in [0.1, 0.15) is 5.75 Å². The largest absolute Gasteiger partial charge is 0.481 e. The third-order valence-electron chi connectivity index (χ3n) is 3.05. The molecule has 0 bridgehead atoms. The minimum atomic E-state index is -0.625. The molecule has 0 aliphatic carbocycles. The summed E-state index contributed by atoms with van der Waals surface area (Å²) < 4.78 is 5.54. The number of benzene rings is 2. The second kappa shape index (κ2) is 7.48. The van der Waals surface area contributed by atoms with E-state index in [0.29, 0.717) is 22.9 Å². The molecule has 1 atom stereocenters. The molecule has 0 aromatic heterocycles. The maximum Gasteiger partial charge on any atom is 0.261 e. The molecular weight excluding hydrogens is 300 g/mol. The molecule has 0 aliphatic heterocycles. The van der Waals surface area contributed by atoms with E-state index < -0.39 is 6.10 Å². The van der Waals surface area contributed by atoms with Gasteiger partial charge in [-0.1, -0.05) is 23.7 Å². The monoisotopic (exact) mass is 314 g/mol. The summed E-state index contributed by atoms with van der Waals surface area (Å²) in [4.78, 5) is 12.0. The summed E-state index contributed by atoms with van der Waals surface area (Å²) >= 11 is 5.81. The van der Waals surface area contributed by atoms with Crippen molar-refractivity contribution >= 4 is 17.5 Å². The van der Waals surface area contributed by atoms with Gasteiger partial charge >= 0.3 is 0 Å². The number of nitrogens with one attached hydrogen (secondary N) is 1. The highest BCUT2D eigenvalue weighted by atomic mass is 35.5. The van der Waals surface area contributed by atoms with Gasteiger partial charge in [-0.2, -0.15) is 5.26 Å². The molecule has 0 fully saturated rings. The molecule has 0 saturated carbocycles.